The molecule has 0 saturated heterocycles. The van der Waals surface area contributed by atoms with E-state index < -0.39 is 17.7 Å². The Morgan fingerprint density at radius 3 is 2.16 bits per heavy atom. The quantitative estimate of drug-likeness (QED) is 0.213. The number of benzene rings is 4. The number of amides is 1. The molecule has 0 aliphatic heterocycles. The fourth-order valence-corrected chi connectivity index (χ4v) is 4.39. The monoisotopic (exact) mass is 488 g/mol. The molecular formula is C31H24N2O4. The number of hydrogen-bond donors (Lipinski definition) is 2. The van der Waals surface area contributed by atoms with Gasteiger partial charge in [0, 0.05) is 29.3 Å². The third-order valence-electron chi connectivity index (χ3n) is 6.23. The number of ketones is 1. The summed E-state index contributed by atoms with van der Waals surface area (Å²) in [6.07, 6.45) is 2.56. The van der Waals surface area contributed by atoms with Gasteiger partial charge in [-0.1, -0.05) is 78.9 Å². The molecule has 37 heavy (non-hydrogen) atoms. The molecule has 5 rings (SSSR count). The summed E-state index contributed by atoms with van der Waals surface area (Å²) >= 11 is 0. The number of hydrogen-bond acceptors (Lipinski definition) is 3. The molecule has 0 bridgehead atoms. The van der Waals surface area contributed by atoms with Gasteiger partial charge in [-0.15, -0.1) is 0 Å². The zero-order valence-electron chi connectivity index (χ0n) is 19.9. The van der Waals surface area contributed by atoms with Crippen LogP contribution in [-0.4, -0.2) is 27.3 Å². The van der Waals surface area contributed by atoms with Gasteiger partial charge in [-0.25, -0.2) is 4.79 Å². The second kappa shape index (κ2) is 10.3. The van der Waals surface area contributed by atoms with Gasteiger partial charge in [0.1, 0.15) is 0 Å². The average Bonchev–Trinajstić information content (AvgIpc) is 3.28. The second-order valence-electron chi connectivity index (χ2n) is 8.84. The number of anilines is 1. The van der Waals surface area contributed by atoms with Crippen LogP contribution in [-0.2, 0) is 17.8 Å². The SMILES string of the molecule is O=C(Nc1cccc(C(=O)O)c1)C(=O)c1cn(Cc2ccc(Cc3ccccc3)cc2)c2ccccc12. The molecule has 0 radical (unpaired) electrons. The van der Waals surface area contributed by atoms with Crippen molar-refractivity contribution < 1.29 is 19.5 Å². The first kappa shape index (κ1) is 23.8. The fraction of sp³-hybridized carbons (Fsp3) is 0.0645. The number of nitrogens with one attached hydrogen (secondary N) is 1. The lowest BCUT2D eigenvalue weighted by molar-refractivity contribution is -0.112. The van der Waals surface area contributed by atoms with Crippen LogP contribution in [0.25, 0.3) is 10.9 Å². The first-order chi connectivity index (χ1) is 18.0. The van der Waals surface area contributed by atoms with Gasteiger partial charge in [-0.3, -0.25) is 9.59 Å². The minimum absolute atomic E-state index is 0.0247. The van der Waals surface area contributed by atoms with Crippen molar-refractivity contribution in [1.82, 2.24) is 4.57 Å². The van der Waals surface area contributed by atoms with Crippen molar-refractivity contribution in [2.45, 2.75) is 13.0 Å². The maximum atomic E-state index is 13.1. The van der Waals surface area contributed by atoms with E-state index in [2.05, 4.69) is 41.7 Å². The third kappa shape index (κ3) is 5.33. The molecule has 1 amide bonds. The summed E-state index contributed by atoms with van der Waals surface area (Å²) in [4.78, 5) is 37.1. The van der Waals surface area contributed by atoms with Gasteiger partial charge in [0.25, 0.3) is 11.7 Å². The van der Waals surface area contributed by atoms with Crippen molar-refractivity contribution >= 4 is 34.3 Å². The Balaban J connectivity index is 1.36. The molecule has 0 atom stereocenters. The van der Waals surface area contributed by atoms with Gasteiger partial charge < -0.3 is 15.0 Å². The molecule has 1 heterocycles. The number of Topliss-reactive ketones (excluding diaryl/α,β-unsaturated/α-hetero) is 1. The predicted molar refractivity (Wildman–Crippen MR) is 143 cm³/mol. The van der Waals surface area contributed by atoms with Crippen LogP contribution in [0, 0.1) is 0 Å². The molecule has 5 aromatic rings. The number of aromatic nitrogens is 1. The van der Waals surface area contributed by atoms with Crippen LogP contribution >= 0.6 is 0 Å². The summed E-state index contributed by atoms with van der Waals surface area (Å²) in [5.41, 5.74) is 4.96. The van der Waals surface area contributed by atoms with E-state index in [0.717, 1.165) is 17.5 Å². The van der Waals surface area contributed by atoms with E-state index in [1.807, 2.05) is 47.0 Å². The van der Waals surface area contributed by atoms with E-state index in [9.17, 15) is 19.5 Å². The second-order valence-corrected chi connectivity index (χ2v) is 8.84. The van der Waals surface area contributed by atoms with Crippen LogP contribution in [0.5, 0.6) is 0 Å². The van der Waals surface area contributed by atoms with Crippen molar-refractivity contribution in [2.24, 2.45) is 0 Å². The highest BCUT2D eigenvalue weighted by molar-refractivity contribution is 6.48. The molecule has 0 spiro atoms. The standard InChI is InChI=1S/C31H24N2O4/c34-29(30(35)32-25-10-6-9-24(18-25)31(36)37)27-20-33(28-12-5-4-11-26(27)28)19-23-15-13-22(14-16-23)17-21-7-2-1-3-8-21/h1-16,18,20H,17,19H2,(H,32,35)(H,36,37). The van der Waals surface area contributed by atoms with E-state index >= 15 is 0 Å². The van der Waals surface area contributed by atoms with E-state index in [0.29, 0.717) is 17.5 Å². The number of carbonyl (C=O) groups excluding carboxylic acids is 2. The molecule has 182 valence electrons. The highest BCUT2D eigenvalue weighted by atomic mass is 16.4. The van der Waals surface area contributed by atoms with Crippen molar-refractivity contribution in [1.29, 1.82) is 0 Å². The minimum atomic E-state index is -1.11. The number of carbonyl (C=O) groups is 3. The van der Waals surface area contributed by atoms with E-state index in [1.54, 1.807) is 12.3 Å². The van der Waals surface area contributed by atoms with Crippen molar-refractivity contribution in [2.75, 3.05) is 5.32 Å². The van der Waals surface area contributed by atoms with Crippen LogP contribution in [0.1, 0.15) is 37.4 Å². The maximum Gasteiger partial charge on any atom is 0.335 e. The maximum absolute atomic E-state index is 13.1. The first-order valence-corrected chi connectivity index (χ1v) is 11.9. The zero-order valence-corrected chi connectivity index (χ0v) is 19.9. The van der Waals surface area contributed by atoms with Gasteiger partial charge in [0.05, 0.1) is 11.1 Å². The molecule has 1 aromatic heterocycles. The van der Waals surface area contributed by atoms with E-state index in [4.69, 9.17) is 0 Å². The molecule has 6 nitrogen and oxygen atoms in total. The summed E-state index contributed by atoms with van der Waals surface area (Å²) in [6, 6.07) is 31.9. The van der Waals surface area contributed by atoms with Gasteiger partial charge >= 0.3 is 5.97 Å². The van der Waals surface area contributed by atoms with Gasteiger partial charge in [-0.05, 0) is 47.4 Å². The molecule has 6 heteroatoms. The summed E-state index contributed by atoms with van der Waals surface area (Å²) in [6.45, 7) is 0.543. The number of para-hydroxylation sites is 1. The Hall–Kier alpha value is -4.97. The Morgan fingerprint density at radius 1 is 0.730 bits per heavy atom. The Morgan fingerprint density at radius 2 is 1.41 bits per heavy atom. The van der Waals surface area contributed by atoms with Crippen LogP contribution in [0.15, 0.2) is 109 Å². The van der Waals surface area contributed by atoms with Crippen LogP contribution in [0.4, 0.5) is 5.69 Å². The fourth-order valence-electron chi connectivity index (χ4n) is 4.39. The number of carboxylic acid groups (broad SMARTS) is 1. The lowest BCUT2D eigenvalue weighted by Gasteiger charge is -2.07. The van der Waals surface area contributed by atoms with Crippen LogP contribution in [0.3, 0.4) is 0 Å². The highest BCUT2D eigenvalue weighted by Gasteiger charge is 2.22. The molecular weight excluding hydrogens is 464 g/mol. The summed E-state index contributed by atoms with van der Waals surface area (Å²) in [7, 11) is 0. The molecule has 4 aromatic carbocycles. The lowest BCUT2D eigenvalue weighted by Crippen LogP contribution is -2.22. The van der Waals surface area contributed by atoms with Crippen molar-refractivity contribution in [3.8, 4) is 0 Å². The topological polar surface area (TPSA) is 88.4 Å². The number of nitrogens with zero attached hydrogens (tertiary/aromatic N) is 1. The molecule has 0 unspecified atom stereocenters. The summed E-state index contributed by atoms with van der Waals surface area (Å²) in [5, 5.41) is 12.4. The summed E-state index contributed by atoms with van der Waals surface area (Å²) in [5.74, 6) is -2.62. The number of fused-ring (bicyclic) bond motifs is 1. The third-order valence-corrected chi connectivity index (χ3v) is 6.23. The highest BCUT2D eigenvalue weighted by Crippen LogP contribution is 2.24. The van der Waals surface area contributed by atoms with Crippen LogP contribution < -0.4 is 5.32 Å². The van der Waals surface area contributed by atoms with E-state index in [1.165, 1.54) is 29.3 Å². The number of carboxylic acids is 1. The zero-order chi connectivity index (χ0) is 25.8. The van der Waals surface area contributed by atoms with Gasteiger partial charge in [0.2, 0.25) is 0 Å². The number of rotatable bonds is 8. The normalized spacial score (nSPS) is 10.8. The van der Waals surface area contributed by atoms with Crippen molar-refractivity contribution in [3.05, 3.63) is 137 Å². The van der Waals surface area contributed by atoms with Gasteiger partial charge in [0.15, 0.2) is 0 Å². The first-order valence-electron chi connectivity index (χ1n) is 11.9. The van der Waals surface area contributed by atoms with Crippen molar-refractivity contribution in [3.63, 3.8) is 0 Å². The molecule has 0 saturated carbocycles. The van der Waals surface area contributed by atoms with E-state index in [-0.39, 0.29) is 11.3 Å². The van der Waals surface area contributed by atoms with Gasteiger partial charge in [-0.2, -0.15) is 0 Å². The predicted octanol–water partition coefficient (Wildman–Crippen LogP) is 5.80. The summed E-state index contributed by atoms with van der Waals surface area (Å²) < 4.78 is 1.97. The average molecular weight is 489 g/mol. The minimum Gasteiger partial charge on any atom is -0.478 e. The molecule has 0 aliphatic rings. The Kier molecular flexibility index (Phi) is 6.64. The molecule has 2 N–H and O–H groups in total. The molecule has 0 fully saturated rings. The Labute approximate surface area is 213 Å². The Bertz CT molecular complexity index is 1600. The van der Waals surface area contributed by atoms with Crippen LogP contribution in [0.2, 0.25) is 0 Å². The molecule has 0 aliphatic carbocycles. The largest absolute Gasteiger partial charge is 0.478 e. The smallest absolute Gasteiger partial charge is 0.335 e. The lowest BCUT2D eigenvalue weighted by atomic mass is 10.0. The number of aromatic carboxylic acids is 1.